The van der Waals surface area contributed by atoms with E-state index in [1.165, 1.54) is 27.2 Å². The molecule has 0 amide bonds. The first-order valence-electron chi connectivity index (χ1n) is 8.28. The highest BCUT2D eigenvalue weighted by Gasteiger charge is 2.27. The molecule has 0 aliphatic heterocycles. The summed E-state index contributed by atoms with van der Waals surface area (Å²) in [6.07, 6.45) is 3.12. The van der Waals surface area contributed by atoms with Gasteiger partial charge in [-0.1, -0.05) is 47.5 Å². The number of rotatable bonds is 3. The highest BCUT2D eigenvalue weighted by molar-refractivity contribution is 6.31. The van der Waals surface area contributed by atoms with Crippen molar-refractivity contribution >= 4 is 28.8 Å². The molecule has 5 nitrogen and oxygen atoms in total. The summed E-state index contributed by atoms with van der Waals surface area (Å²) in [6.45, 7) is 0.193. The second-order valence-electron chi connectivity index (χ2n) is 6.11. The Kier molecular flexibility index (Phi) is 4.75. The van der Waals surface area contributed by atoms with Gasteiger partial charge in [-0.05, 0) is 18.2 Å². The molecule has 0 saturated carbocycles. The van der Waals surface area contributed by atoms with Gasteiger partial charge in [0.25, 0.3) is 11.5 Å². The Morgan fingerprint density at radius 3 is 2.68 bits per heavy atom. The monoisotopic (exact) mass is 416 g/mol. The molecule has 0 fully saturated rings. The number of aromatic hydroxyl groups is 1. The minimum Gasteiger partial charge on any atom is -0.477 e. The van der Waals surface area contributed by atoms with Crippen molar-refractivity contribution in [2.75, 3.05) is 0 Å². The number of halogens is 3. The SMILES string of the molecule is O=c1c(-c2cccc(Cl)c2F)c(O)n(Cc2ccc(Cl)nc2)c2cccc[n+]12. The molecule has 0 spiro atoms. The number of benzene rings is 1. The van der Waals surface area contributed by atoms with E-state index in [-0.39, 0.29) is 28.6 Å². The predicted molar refractivity (Wildman–Crippen MR) is 104 cm³/mol. The summed E-state index contributed by atoms with van der Waals surface area (Å²) in [5.74, 6) is -1.14. The fraction of sp³-hybridized carbons (Fsp3) is 0.0500. The zero-order chi connectivity index (χ0) is 19.8. The predicted octanol–water partition coefficient (Wildman–Crippen LogP) is 3.85. The number of nitrogens with zero attached hydrogens (tertiary/aromatic N) is 3. The van der Waals surface area contributed by atoms with Crippen LogP contribution in [0.4, 0.5) is 4.39 Å². The van der Waals surface area contributed by atoms with Crippen molar-refractivity contribution in [1.82, 2.24) is 9.55 Å². The Morgan fingerprint density at radius 1 is 1.11 bits per heavy atom. The Hall–Kier alpha value is -2.96. The quantitative estimate of drug-likeness (QED) is 0.407. The molecular weight excluding hydrogens is 404 g/mol. The van der Waals surface area contributed by atoms with Gasteiger partial charge in [0.2, 0.25) is 0 Å². The maximum Gasteiger partial charge on any atom is 0.354 e. The van der Waals surface area contributed by atoms with E-state index in [1.807, 2.05) is 0 Å². The van der Waals surface area contributed by atoms with Gasteiger partial charge in [0, 0.05) is 23.4 Å². The van der Waals surface area contributed by atoms with Gasteiger partial charge < -0.3 is 5.11 Å². The lowest BCUT2D eigenvalue weighted by Gasteiger charge is -2.11. The zero-order valence-corrected chi connectivity index (χ0v) is 15.8. The second-order valence-corrected chi connectivity index (χ2v) is 6.90. The van der Waals surface area contributed by atoms with Gasteiger partial charge in [0.15, 0.2) is 5.56 Å². The summed E-state index contributed by atoms with van der Waals surface area (Å²) in [6, 6.07) is 12.8. The van der Waals surface area contributed by atoms with Crippen LogP contribution in [0.15, 0.2) is 65.7 Å². The van der Waals surface area contributed by atoms with E-state index in [0.29, 0.717) is 10.8 Å². The molecule has 0 atom stereocenters. The summed E-state index contributed by atoms with van der Waals surface area (Å²) >= 11 is 11.7. The van der Waals surface area contributed by atoms with Gasteiger partial charge >= 0.3 is 5.56 Å². The number of aromatic nitrogens is 3. The van der Waals surface area contributed by atoms with Crippen molar-refractivity contribution in [3.8, 4) is 17.0 Å². The second kappa shape index (κ2) is 7.22. The van der Waals surface area contributed by atoms with Gasteiger partial charge in [0.1, 0.15) is 17.5 Å². The molecule has 1 N–H and O–H groups in total. The van der Waals surface area contributed by atoms with E-state index in [1.54, 1.807) is 42.7 Å². The molecule has 0 radical (unpaired) electrons. The Morgan fingerprint density at radius 2 is 1.93 bits per heavy atom. The molecule has 3 heterocycles. The average Bonchev–Trinajstić information content (AvgIpc) is 2.70. The third kappa shape index (κ3) is 3.10. The summed E-state index contributed by atoms with van der Waals surface area (Å²) in [5.41, 5.74) is 0.374. The first-order chi connectivity index (χ1) is 13.5. The highest BCUT2D eigenvalue weighted by atomic mass is 35.5. The zero-order valence-electron chi connectivity index (χ0n) is 14.3. The third-order valence-electron chi connectivity index (χ3n) is 4.38. The normalized spacial score (nSPS) is 11.1. The van der Waals surface area contributed by atoms with Crippen LogP contribution in [-0.4, -0.2) is 14.7 Å². The number of pyridine rings is 2. The lowest BCUT2D eigenvalue weighted by molar-refractivity contribution is -0.532. The van der Waals surface area contributed by atoms with Crippen molar-refractivity contribution in [1.29, 1.82) is 0 Å². The molecule has 3 aromatic heterocycles. The van der Waals surface area contributed by atoms with E-state index >= 15 is 0 Å². The van der Waals surface area contributed by atoms with Crippen LogP contribution in [0.5, 0.6) is 5.88 Å². The topological polar surface area (TPSA) is 59.2 Å². The van der Waals surface area contributed by atoms with Crippen LogP contribution in [-0.2, 0) is 6.54 Å². The van der Waals surface area contributed by atoms with Crippen LogP contribution < -0.4 is 9.96 Å². The molecule has 4 aromatic rings. The van der Waals surface area contributed by atoms with E-state index in [0.717, 1.165) is 5.56 Å². The summed E-state index contributed by atoms with van der Waals surface area (Å²) < 4.78 is 17.5. The summed E-state index contributed by atoms with van der Waals surface area (Å²) in [5, 5.41) is 11.2. The first kappa shape index (κ1) is 18.4. The highest BCUT2D eigenvalue weighted by Crippen LogP contribution is 2.31. The van der Waals surface area contributed by atoms with Crippen LogP contribution in [0.1, 0.15) is 5.56 Å². The van der Waals surface area contributed by atoms with Crippen molar-refractivity contribution in [3.05, 3.63) is 92.8 Å². The molecular formula is C20H13Cl2FN3O2+. The molecule has 1 aromatic carbocycles. The third-order valence-corrected chi connectivity index (χ3v) is 4.89. The molecule has 0 saturated heterocycles. The summed E-state index contributed by atoms with van der Waals surface area (Å²) in [7, 11) is 0. The Labute approximate surface area is 168 Å². The maximum atomic E-state index is 14.6. The van der Waals surface area contributed by atoms with Crippen molar-refractivity contribution < 1.29 is 13.9 Å². The number of hydrogen-bond donors (Lipinski definition) is 1. The van der Waals surface area contributed by atoms with Gasteiger partial charge in [-0.15, -0.1) is 0 Å². The molecule has 4 rings (SSSR count). The van der Waals surface area contributed by atoms with Crippen LogP contribution in [0.2, 0.25) is 10.2 Å². The molecule has 140 valence electrons. The van der Waals surface area contributed by atoms with Crippen molar-refractivity contribution in [3.63, 3.8) is 0 Å². The Balaban J connectivity index is 2.03. The average molecular weight is 417 g/mol. The van der Waals surface area contributed by atoms with Crippen molar-refractivity contribution in [2.45, 2.75) is 6.54 Å². The minimum absolute atomic E-state index is 0.0729. The molecule has 0 unspecified atom stereocenters. The molecule has 0 bridgehead atoms. The van der Waals surface area contributed by atoms with Gasteiger partial charge in [-0.25, -0.2) is 14.2 Å². The number of fused-ring (bicyclic) bond motifs is 1. The largest absolute Gasteiger partial charge is 0.477 e. The first-order valence-corrected chi connectivity index (χ1v) is 9.04. The van der Waals surface area contributed by atoms with Crippen LogP contribution in [0.25, 0.3) is 16.8 Å². The van der Waals surface area contributed by atoms with E-state index in [2.05, 4.69) is 4.98 Å². The lowest BCUT2D eigenvalue weighted by atomic mass is 10.1. The minimum atomic E-state index is -0.771. The van der Waals surface area contributed by atoms with Crippen LogP contribution >= 0.6 is 23.2 Å². The molecule has 0 aliphatic carbocycles. The van der Waals surface area contributed by atoms with E-state index < -0.39 is 11.4 Å². The van der Waals surface area contributed by atoms with Gasteiger partial charge in [0.05, 0.1) is 11.2 Å². The van der Waals surface area contributed by atoms with Crippen LogP contribution in [0.3, 0.4) is 0 Å². The van der Waals surface area contributed by atoms with E-state index in [4.69, 9.17) is 23.2 Å². The Bertz CT molecular complexity index is 1260. The van der Waals surface area contributed by atoms with E-state index in [9.17, 15) is 14.3 Å². The molecule has 8 heteroatoms. The number of hydrogen-bond acceptors (Lipinski definition) is 3. The smallest absolute Gasteiger partial charge is 0.354 e. The van der Waals surface area contributed by atoms with Gasteiger partial charge in [-0.3, -0.25) is 0 Å². The fourth-order valence-corrected chi connectivity index (χ4v) is 3.34. The maximum absolute atomic E-state index is 14.6. The molecule has 0 aliphatic rings. The van der Waals surface area contributed by atoms with Crippen LogP contribution in [0, 0.1) is 5.82 Å². The fourth-order valence-electron chi connectivity index (χ4n) is 3.06. The van der Waals surface area contributed by atoms with Crippen molar-refractivity contribution in [2.24, 2.45) is 0 Å². The standard InChI is InChI=1S/C20H12Cl2FN3O2/c21-14-5-3-4-13(18(14)23)17-19(27)25-9-2-1-6-16(25)26(20(17)28)11-12-7-8-15(22)24-10-12/h1-10H,11H2/p+1. The lowest BCUT2D eigenvalue weighted by Crippen LogP contribution is -2.43. The summed E-state index contributed by atoms with van der Waals surface area (Å²) in [4.78, 5) is 17.0. The molecule has 28 heavy (non-hydrogen) atoms. The van der Waals surface area contributed by atoms with Gasteiger partial charge in [-0.2, -0.15) is 8.97 Å².